The lowest BCUT2D eigenvalue weighted by molar-refractivity contribution is -0.118. The molecule has 0 fully saturated rings. The standard InChI is InChI=1S/C15H18N4O2S/c1-9(2)12(14(21)18-15-19-16-8-22-15)17-13(20)11-6-4-10(3)5-7-11/h4-9,12H,1-3H3,(H,17,20)(H,18,19,21). The fraction of sp³-hybridized carbons (Fsp3) is 0.333. The lowest BCUT2D eigenvalue weighted by atomic mass is 10.0. The van der Waals surface area contributed by atoms with E-state index >= 15 is 0 Å². The molecule has 0 radical (unpaired) electrons. The number of nitrogens with zero attached hydrogens (tertiary/aromatic N) is 2. The summed E-state index contributed by atoms with van der Waals surface area (Å²) in [6.07, 6.45) is 0. The minimum absolute atomic E-state index is 0.0534. The molecule has 0 aliphatic heterocycles. The number of aromatic nitrogens is 2. The van der Waals surface area contributed by atoms with Crippen LogP contribution < -0.4 is 10.6 Å². The zero-order valence-electron chi connectivity index (χ0n) is 12.7. The third-order valence-corrected chi connectivity index (χ3v) is 3.75. The molecule has 0 spiro atoms. The number of aryl methyl sites for hydroxylation is 1. The van der Waals surface area contributed by atoms with Crippen molar-refractivity contribution in [2.24, 2.45) is 5.92 Å². The second-order valence-corrected chi connectivity index (χ2v) is 6.13. The highest BCUT2D eigenvalue weighted by molar-refractivity contribution is 7.13. The van der Waals surface area contributed by atoms with Crippen LogP contribution in [0.3, 0.4) is 0 Å². The highest BCUT2D eigenvalue weighted by Crippen LogP contribution is 2.12. The van der Waals surface area contributed by atoms with Gasteiger partial charge < -0.3 is 5.32 Å². The van der Waals surface area contributed by atoms with Gasteiger partial charge in [0.05, 0.1) is 0 Å². The number of hydrogen-bond acceptors (Lipinski definition) is 5. The monoisotopic (exact) mass is 318 g/mol. The third kappa shape index (κ3) is 4.11. The largest absolute Gasteiger partial charge is 0.340 e. The molecule has 1 atom stereocenters. The second kappa shape index (κ2) is 7.13. The summed E-state index contributed by atoms with van der Waals surface area (Å²) in [7, 11) is 0. The quantitative estimate of drug-likeness (QED) is 0.885. The predicted molar refractivity (Wildman–Crippen MR) is 85.8 cm³/mol. The number of rotatable bonds is 5. The molecule has 0 saturated heterocycles. The Kier molecular flexibility index (Phi) is 5.21. The molecule has 0 saturated carbocycles. The number of carbonyl (C=O) groups is 2. The van der Waals surface area contributed by atoms with Crippen LogP contribution in [0.15, 0.2) is 29.8 Å². The van der Waals surface area contributed by atoms with E-state index in [1.165, 1.54) is 16.8 Å². The normalized spacial score (nSPS) is 12.0. The van der Waals surface area contributed by atoms with E-state index < -0.39 is 6.04 Å². The van der Waals surface area contributed by atoms with E-state index in [1.807, 2.05) is 32.9 Å². The molecule has 2 N–H and O–H groups in total. The Hall–Kier alpha value is -2.28. The van der Waals surface area contributed by atoms with Gasteiger partial charge in [0.2, 0.25) is 11.0 Å². The van der Waals surface area contributed by atoms with Gasteiger partial charge in [0.1, 0.15) is 11.6 Å². The molecular formula is C15H18N4O2S. The maximum Gasteiger partial charge on any atom is 0.251 e. The first-order valence-corrected chi connectivity index (χ1v) is 7.80. The van der Waals surface area contributed by atoms with E-state index in [-0.39, 0.29) is 17.7 Å². The van der Waals surface area contributed by atoms with Crippen molar-refractivity contribution in [2.45, 2.75) is 26.8 Å². The van der Waals surface area contributed by atoms with E-state index in [2.05, 4.69) is 20.8 Å². The molecule has 0 aliphatic rings. The van der Waals surface area contributed by atoms with Gasteiger partial charge in [-0.25, -0.2) is 0 Å². The Morgan fingerprint density at radius 3 is 2.41 bits per heavy atom. The van der Waals surface area contributed by atoms with Crippen LogP contribution in [0, 0.1) is 12.8 Å². The number of nitrogens with one attached hydrogen (secondary N) is 2. The molecular weight excluding hydrogens is 300 g/mol. The second-order valence-electron chi connectivity index (χ2n) is 5.29. The zero-order chi connectivity index (χ0) is 16.1. The van der Waals surface area contributed by atoms with Crippen molar-refractivity contribution in [3.8, 4) is 0 Å². The molecule has 7 heteroatoms. The van der Waals surface area contributed by atoms with Crippen LogP contribution in [0.1, 0.15) is 29.8 Å². The average molecular weight is 318 g/mol. The summed E-state index contributed by atoms with van der Waals surface area (Å²) in [4.78, 5) is 24.5. The van der Waals surface area contributed by atoms with E-state index in [9.17, 15) is 9.59 Å². The Morgan fingerprint density at radius 1 is 1.18 bits per heavy atom. The van der Waals surface area contributed by atoms with Crippen LogP contribution in [0.5, 0.6) is 0 Å². The van der Waals surface area contributed by atoms with Gasteiger partial charge in [0, 0.05) is 5.56 Å². The van der Waals surface area contributed by atoms with Crippen molar-refractivity contribution in [1.82, 2.24) is 15.5 Å². The summed E-state index contributed by atoms with van der Waals surface area (Å²) in [5.41, 5.74) is 3.14. The van der Waals surface area contributed by atoms with Crippen LogP contribution in [0.25, 0.3) is 0 Å². The van der Waals surface area contributed by atoms with Gasteiger partial charge in [0.25, 0.3) is 5.91 Å². The minimum Gasteiger partial charge on any atom is -0.340 e. The molecule has 6 nitrogen and oxygen atoms in total. The molecule has 0 bridgehead atoms. The van der Waals surface area contributed by atoms with Gasteiger partial charge in [-0.15, -0.1) is 10.2 Å². The molecule has 0 aliphatic carbocycles. The van der Waals surface area contributed by atoms with Gasteiger partial charge in [-0.3, -0.25) is 14.9 Å². The van der Waals surface area contributed by atoms with Crippen molar-refractivity contribution >= 4 is 28.3 Å². The lowest BCUT2D eigenvalue weighted by Gasteiger charge is -2.21. The molecule has 2 amide bonds. The average Bonchev–Trinajstić information content (AvgIpc) is 2.97. The van der Waals surface area contributed by atoms with Crippen molar-refractivity contribution in [1.29, 1.82) is 0 Å². The first kappa shape index (κ1) is 16.1. The van der Waals surface area contributed by atoms with Crippen LogP contribution in [-0.2, 0) is 4.79 Å². The molecule has 2 rings (SSSR count). The van der Waals surface area contributed by atoms with Crippen LogP contribution in [0.2, 0.25) is 0 Å². The van der Waals surface area contributed by atoms with Gasteiger partial charge in [-0.2, -0.15) is 0 Å². The summed E-state index contributed by atoms with van der Waals surface area (Å²) in [5.74, 6) is -0.624. The van der Waals surface area contributed by atoms with Crippen molar-refractivity contribution in [3.63, 3.8) is 0 Å². The smallest absolute Gasteiger partial charge is 0.251 e. The first-order chi connectivity index (χ1) is 10.5. The maximum absolute atomic E-state index is 12.3. The number of hydrogen-bond donors (Lipinski definition) is 2. The molecule has 116 valence electrons. The van der Waals surface area contributed by atoms with Crippen LogP contribution in [0.4, 0.5) is 5.13 Å². The topological polar surface area (TPSA) is 84.0 Å². The molecule has 1 unspecified atom stereocenters. The van der Waals surface area contributed by atoms with Gasteiger partial charge in [-0.1, -0.05) is 42.9 Å². The van der Waals surface area contributed by atoms with Crippen LogP contribution in [-0.4, -0.2) is 28.1 Å². The fourth-order valence-corrected chi connectivity index (χ4v) is 2.32. The SMILES string of the molecule is Cc1ccc(C(=O)NC(C(=O)Nc2nncs2)C(C)C)cc1. The zero-order valence-corrected chi connectivity index (χ0v) is 13.5. The predicted octanol–water partition coefficient (Wildman–Crippen LogP) is 2.24. The molecule has 1 heterocycles. The third-order valence-electron chi connectivity index (χ3n) is 3.14. The number of carbonyl (C=O) groups excluding carboxylic acids is 2. The number of amides is 2. The van der Waals surface area contributed by atoms with Gasteiger partial charge in [-0.05, 0) is 25.0 Å². The number of anilines is 1. The molecule has 1 aromatic heterocycles. The Morgan fingerprint density at radius 2 is 1.86 bits per heavy atom. The van der Waals surface area contributed by atoms with Crippen molar-refractivity contribution in [2.75, 3.05) is 5.32 Å². The highest BCUT2D eigenvalue weighted by Gasteiger charge is 2.25. The summed E-state index contributed by atoms with van der Waals surface area (Å²) < 4.78 is 0. The van der Waals surface area contributed by atoms with Crippen LogP contribution >= 0.6 is 11.3 Å². The molecule has 1 aromatic carbocycles. The maximum atomic E-state index is 12.3. The summed E-state index contributed by atoms with van der Waals surface area (Å²) in [5, 5.41) is 13.3. The number of benzene rings is 1. The summed E-state index contributed by atoms with van der Waals surface area (Å²) in [6, 6.07) is 6.56. The lowest BCUT2D eigenvalue weighted by Crippen LogP contribution is -2.47. The molecule has 2 aromatic rings. The highest BCUT2D eigenvalue weighted by atomic mass is 32.1. The van der Waals surface area contributed by atoms with Crippen molar-refractivity contribution < 1.29 is 9.59 Å². The first-order valence-electron chi connectivity index (χ1n) is 6.92. The fourth-order valence-electron chi connectivity index (χ4n) is 1.88. The van der Waals surface area contributed by atoms with E-state index in [0.717, 1.165) is 5.56 Å². The Balaban J connectivity index is 2.06. The van der Waals surface area contributed by atoms with Crippen molar-refractivity contribution in [3.05, 3.63) is 40.9 Å². The van der Waals surface area contributed by atoms with Gasteiger partial charge in [0.15, 0.2) is 0 Å². The minimum atomic E-state index is -0.641. The van der Waals surface area contributed by atoms with E-state index in [1.54, 1.807) is 12.1 Å². The van der Waals surface area contributed by atoms with E-state index in [0.29, 0.717) is 10.7 Å². The summed E-state index contributed by atoms with van der Waals surface area (Å²) >= 11 is 1.23. The Bertz CT molecular complexity index is 638. The Labute approximate surface area is 133 Å². The van der Waals surface area contributed by atoms with Gasteiger partial charge >= 0.3 is 0 Å². The summed E-state index contributed by atoms with van der Waals surface area (Å²) in [6.45, 7) is 5.70. The van der Waals surface area contributed by atoms with E-state index in [4.69, 9.17) is 0 Å². The molecule has 22 heavy (non-hydrogen) atoms.